The fourth-order valence-electron chi connectivity index (χ4n) is 3.41. The van der Waals surface area contributed by atoms with Crippen molar-refractivity contribution in [2.45, 2.75) is 0 Å². The van der Waals surface area contributed by atoms with Gasteiger partial charge in [0.15, 0.2) is 5.82 Å². The van der Waals surface area contributed by atoms with Crippen LogP contribution in [0.5, 0.6) is 5.75 Å². The molecule has 2 aromatic heterocycles. The van der Waals surface area contributed by atoms with E-state index in [1.54, 1.807) is 30.7 Å². The summed E-state index contributed by atoms with van der Waals surface area (Å²) in [6.07, 6.45) is 1.71. The lowest BCUT2D eigenvalue weighted by atomic mass is 10.2. The van der Waals surface area contributed by atoms with E-state index in [1.165, 1.54) is 4.57 Å². The Bertz CT molecular complexity index is 1430. The van der Waals surface area contributed by atoms with Crippen LogP contribution in [0.25, 0.3) is 26.8 Å². The normalized spacial score (nSPS) is 10.7. The molecule has 2 heterocycles. The molecule has 7 heteroatoms. The fraction of sp³-hybridized carbons (Fsp3) is 0.0385. The first kappa shape index (κ1) is 20.7. The van der Waals surface area contributed by atoms with Crippen molar-refractivity contribution in [3.8, 4) is 32.6 Å². The van der Waals surface area contributed by atoms with E-state index >= 15 is 0 Å². The molecule has 6 nitrogen and oxygen atoms in total. The fourth-order valence-corrected chi connectivity index (χ4v) is 4.48. The largest absolute Gasteiger partial charge is 0.497 e. The molecule has 3 aromatic carbocycles. The van der Waals surface area contributed by atoms with E-state index in [0.717, 1.165) is 32.4 Å². The number of aromatic nitrogens is 3. The van der Waals surface area contributed by atoms with Gasteiger partial charge >= 0.3 is 5.69 Å². The zero-order valence-electron chi connectivity index (χ0n) is 17.8. The van der Waals surface area contributed by atoms with Crippen LogP contribution in [0.3, 0.4) is 0 Å². The predicted molar refractivity (Wildman–Crippen MR) is 133 cm³/mol. The van der Waals surface area contributed by atoms with Crippen molar-refractivity contribution in [2.75, 3.05) is 12.4 Å². The van der Waals surface area contributed by atoms with Crippen molar-refractivity contribution >= 4 is 22.8 Å². The van der Waals surface area contributed by atoms with Crippen LogP contribution >= 0.6 is 11.3 Å². The minimum Gasteiger partial charge on any atom is -0.497 e. The van der Waals surface area contributed by atoms with Crippen LogP contribution in [0.1, 0.15) is 0 Å². The van der Waals surface area contributed by atoms with Crippen LogP contribution < -0.4 is 15.7 Å². The van der Waals surface area contributed by atoms with E-state index in [-0.39, 0.29) is 0 Å². The number of hydrogen-bond donors (Lipinski definition) is 1. The molecule has 0 atom stereocenters. The highest BCUT2D eigenvalue weighted by Crippen LogP contribution is 2.37. The summed E-state index contributed by atoms with van der Waals surface area (Å²) in [6, 6.07) is 29.1. The predicted octanol–water partition coefficient (Wildman–Crippen LogP) is 5.78. The number of rotatable bonds is 6. The van der Waals surface area contributed by atoms with Gasteiger partial charge in [0.1, 0.15) is 16.6 Å². The van der Waals surface area contributed by atoms with Crippen molar-refractivity contribution in [3.63, 3.8) is 0 Å². The number of ether oxygens (including phenoxy) is 1. The van der Waals surface area contributed by atoms with Gasteiger partial charge in [0.25, 0.3) is 0 Å². The van der Waals surface area contributed by atoms with Gasteiger partial charge in [-0.2, -0.15) is 4.98 Å². The Morgan fingerprint density at radius 1 is 0.818 bits per heavy atom. The maximum absolute atomic E-state index is 13.0. The standard InChI is InChI=1S/C26H20N4O2S/c1-32-21-14-12-20(13-15-21)27-22-16-17-30(26(31)28-22)24-23(18-8-4-2-5-9-18)33-25(29-24)19-10-6-3-7-11-19/h2-17H,1H3,(H,27,28,31). The maximum Gasteiger partial charge on any atom is 0.355 e. The highest BCUT2D eigenvalue weighted by Gasteiger charge is 2.17. The summed E-state index contributed by atoms with van der Waals surface area (Å²) >= 11 is 1.55. The monoisotopic (exact) mass is 452 g/mol. The Hall–Kier alpha value is -4.23. The Morgan fingerprint density at radius 3 is 2.12 bits per heavy atom. The highest BCUT2D eigenvalue weighted by molar-refractivity contribution is 7.18. The molecule has 5 rings (SSSR count). The average molecular weight is 453 g/mol. The van der Waals surface area contributed by atoms with Gasteiger partial charge in [-0.25, -0.2) is 9.78 Å². The topological polar surface area (TPSA) is 69.0 Å². The summed E-state index contributed by atoms with van der Waals surface area (Å²) in [6.45, 7) is 0. The number of benzene rings is 3. The molecule has 1 N–H and O–H groups in total. The molecule has 0 aliphatic carbocycles. The summed E-state index contributed by atoms with van der Waals surface area (Å²) in [7, 11) is 1.62. The zero-order chi connectivity index (χ0) is 22.6. The van der Waals surface area contributed by atoms with E-state index in [0.29, 0.717) is 11.6 Å². The van der Waals surface area contributed by atoms with Crippen LogP contribution in [0.4, 0.5) is 11.5 Å². The van der Waals surface area contributed by atoms with Crippen LogP contribution in [-0.2, 0) is 0 Å². The van der Waals surface area contributed by atoms with Crippen LogP contribution in [0, 0.1) is 0 Å². The second-order valence-electron chi connectivity index (χ2n) is 7.22. The van der Waals surface area contributed by atoms with Crippen molar-refractivity contribution in [1.29, 1.82) is 0 Å². The summed E-state index contributed by atoms with van der Waals surface area (Å²) in [4.78, 5) is 23.0. The molecule has 0 unspecified atom stereocenters. The van der Waals surface area contributed by atoms with Gasteiger partial charge in [0.2, 0.25) is 0 Å². The van der Waals surface area contributed by atoms with Gasteiger partial charge in [-0.05, 0) is 35.9 Å². The molecular formula is C26H20N4O2S. The number of nitrogens with one attached hydrogen (secondary N) is 1. The Morgan fingerprint density at radius 2 is 1.48 bits per heavy atom. The summed E-state index contributed by atoms with van der Waals surface area (Å²) < 4.78 is 6.67. The third kappa shape index (κ3) is 4.40. The Balaban J connectivity index is 1.54. The third-order valence-corrected chi connectivity index (χ3v) is 6.20. The summed E-state index contributed by atoms with van der Waals surface area (Å²) in [5.41, 5.74) is 2.41. The highest BCUT2D eigenvalue weighted by atomic mass is 32.1. The van der Waals surface area contributed by atoms with E-state index in [9.17, 15) is 4.79 Å². The first-order valence-electron chi connectivity index (χ1n) is 10.3. The number of nitrogens with zero attached hydrogens (tertiary/aromatic N) is 3. The van der Waals surface area contributed by atoms with Gasteiger partial charge in [-0.3, -0.25) is 4.57 Å². The van der Waals surface area contributed by atoms with E-state index in [2.05, 4.69) is 10.3 Å². The van der Waals surface area contributed by atoms with Crippen molar-refractivity contribution in [1.82, 2.24) is 14.5 Å². The second-order valence-corrected chi connectivity index (χ2v) is 8.22. The van der Waals surface area contributed by atoms with Gasteiger partial charge in [-0.1, -0.05) is 60.7 Å². The van der Waals surface area contributed by atoms with Crippen molar-refractivity contribution < 1.29 is 4.74 Å². The molecule has 162 valence electrons. The second kappa shape index (κ2) is 9.10. The molecule has 5 aromatic rings. The molecule has 0 bridgehead atoms. The van der Waals surface area contributed by atoms with Crippen LogP contribution in [-0.4, -0.2) is 21.6 Å². The zero-order valence-corrected chi connectivity index (χ0v) is 18.6. The van der Waals surface area contributed by atoms with E-state index in [4.69, 9.17) is 9.72 Å². The van der Waals surface area contributed by atoms with Gasteiger partial charge in [0.05, 0.1) is 12.0 Å². The van der Waals surface area contributed by atoms with Crippen molar-refractivity contribution in [3.05, 3.63) is 108 Å². The van der Waals surface area contributed by atoms with Gasteiger partial charge < -0.3 is 10.1 Å². The average Bonchev–Trinajstić information content (AvgIpc) is 3.31. The minimum atomic E-state index is -0.407. The molecule has 0 spiro atoms. The number of anilines is 2. The van der Waals surface area contributed by atoms with Gasteiger partial charge in [-0.15, -0.1) is 11.3 Å². The lowest BCUT2D eigenvalue weighted by molar-refractivity contribution is 0.415. The first-order chi connectivity index (χ1) is 16.2. The molecule has 0 aliphatic heterocycles. The quantitative estimate of drug-likeness (QED) is 0.354. The lowest BCUT2D eigenvalue weighted by Crippen LogP contribution is -2.22. The third-order valence-electron chi connectivity index (χ3n) is 5.06. The summed E-state index contributed by atoms with van der Waals surface area (Å²) in [5.74, 6) is 1.79. The number of hydrogen-bond acceptors (Lipinski definition) is 6. The molecule has 0 saturated heterocycles. The van der Waals surface area contributed by atoms with Gasteiger partial charge in [0, 0.05) is 17.4 Å². The molecule has 0 amide bonds. The Labute approximate surface area is 194 Å². The molecule has 0 aliphatic rings. The molecule has 0 saturated carbocycles. The van der Waals surface area contributed by atoms with E-state index < -0.39 is 5.69 Å². The van der Waals surface area contributed by atoms with Crippen molar-refractivity contribution in [2.24, 2.45) is 0 Å². The lowest BCUT2D eigenvalue weighted by Gasteiger charge is -2.09. The molecule has 33 heavy (non-hydrogen) atoms. The minimum absolute atomic E-state index is 0.407. The molecular weight excluding hydrogens is 432 g/mol. The number of thiazole rings is 1. The molecule has 0 radical (unpaired) electrons. The van der Waals surface area contributed by atoms with Crippen LogP contribution in [0.2, 0.25) is 0 Å². The first-order valence-corrected chi connectivity index (χ1v) is 11.2. The molecule has 0 fully saturated rings. The maximum atomic E-state index is 13.0. The smallest absolute Gasteiger partial charge is 0.355 e. The van der Waals surface area contributed by atoms with E-state index in [1.807, 2.05) is 84.9 Å². The Kier molecular flexibility index (Phi) is 5.70. The number of methoxy groups -OCH3 is 1. The summed E-state index contributed by atoms with van der Waals surface area (Å²) in [5, 5.41) is 4.00. The van der Waals surface area contributed by atoms with Crippen LogP contribution in [0.15, 0.2) is 102 Å². The SMILES string of the molecule is COc1ccc(Nc2ccn(-c3nc(-c4ccccc4)sc3-c3ccccc3)c(=O)n2)cc1.